The summed E-state index contributed by atoms with van der Waals surface area (Å²) < 4.78 is 1.88. The molecule has 0 aliphatic carbocycles. The van der Waals surface area contributed by atoms with Crippen molar-refractivity contribution in [1.29, 1.82) is 0 Å². The average Bonchev–Trinajstić information content (AvgIpc) is 2.99. The van der Waals surface area contributed by atoms with Crippen molar-refractivity contribution < 1.29 is 4.79 Å². The standard InChI is InChI=1S/C15H20N4O/c1-2-3-7-14(16)15(20)18-12-5-4-6-13(10-12)19-9-8-17-11-19/h4-6,8-11,14H,2-3,7,16H2,1H3,(H,18,20). The van der Waals surface area contributed by atoms with Gasteiger partial charge in [0.2, 0.25) is 5.91 Å². The molecule has 2 aromatic rings. The number of rotatable bonds is 6. The molecule has 0 aliphatic rings. The van der Waals surface area contributed by atoms with E-state index in [-0.39, 0.29) is 5.91 Å². The molecule has 2 rings (SSSR count). The number of amides is 1. The van der Waals surface area contributed by atoms with Crippen LogP contribution < -0.4 is 11.1 Å². The van der Waals surface area contributed by atoms with Gasteiger partial charge in [-0.1, -0.05) is 25.8 Å². The highest BCUT2D eigenvalue weighted by molar-refractivity contribution is 5.94. The smallest absolute Gasteiger partial charge is 0.241 e. The fraction of sp³-hybridized carbons (Fsp3) is 0.333. The Bertz CT molecular complexity index is 551. The van der Waals surface area contributed by atoms with Gasteiger partial charge in [-0.05, 0) is 24.6 Å². The molecular weight excluding hydrogens is 252 g/mol. The number of hydrogen-bond donors (Lipinski definition) is 2. The van der Waals surface area contributed by atoms with Crippen LogP contribution in [0.3, 0.4) is 0 Å². The second kappa shape index (κ2) is 6.86. The summed E-state index contributed by atoms with van der Waals surface area (Å²) in [5, 5.41) is 2.86. The van der Waals surface area contributed by atoms with E-state index < -0.39 is 6.04 Å². The van der Waals surface area contributed by atoms with Crippen LogP contribution in [-0.2, 0) is 4.79 Å². The van der Waals surface area contributed by atoms with Gasteiger partial charge in [0, 0.05) is 23.8 Å². The Morgan fingerprint density at radius 2 is 2.35 bits per heavy atom. The largest absolute Gasteiger partial charge is 0.325 e. The van der Waals surface area contributed by atoms with Crippen LogP contribution in [0.1, 0.15) is 26.2 Å². The Kier molecular flexibility index (Phi) is 4.90. The summed E-state index contributed by atoms with van der Waals surface area (Å²) in [5.41, 5.74) is 7.55. The molecule has 20 heavy (non-hydrogen) atoms. The number of nitrogens with zero attached hydrogens (tertiary/aromatic N) is 2. The molecule has 0 saturated carbocycles. The topological polar surface area (TPSA) is 72.9 Å². The van der Waals surface area contributed by atoms with Crippen molar-refractivity contribution in [1.82, 2.24) is 9.55 Å². The summed E-state index contributed by atoms with van der Waals surface area (Å²) in [6, 6.07) is 7.14. The minimum absolute atomic E-state index is 0.138. The zero-order valence-electron chi connectivity index (χ0n) is 11.6. The van der Waals surface area contributed by atoms with Crippen LogP contribution in [0.2, 0.25) is 0 Å². The van der Waals surface area contributed by atoms with E-state index in [4.69, 9.17) is 5.73 Å². The number of unbranched alkanes of at least 4 members (excludes halogenated alkanes) is 1. The molecule has 106 valence electrons. The maximum atomic E-state index is 12.0. The molecule has 1 heterocycles. The van der Waals surface area contributed by atoms with Gasteiger partial charge in [0.15, 0.2) is 0 Å². The molecule has 1 amide bonds. The van der Waals surface area contributed by atoms with E-state index in [1.165, 1.54) is 0 Å². The van der Waals surface area contributed by atoms with Crippen LogP contribution in [0.4, 0.5) is 5.69 Å². The van der Waals surface area contributed by atoms with Gasteiger partial charge in [0.05, 0.1) is 12.4 Å². The first-order valence-corrected chi connectivity index (χ1v) is 6.85. The van der Waals surface area contributed by atoms with Crippen LogP contribution >= 0.6 is 0 Å². The third kappa shape index (κ3) is 3.68. The second-order valence-corrected chi connectivity index (χ2v) is 4.76. The normalized spacial score (nSPS) is 12.1. The fourth-order valence-electron chi connectivity index (χ4n) is 1.95. The first-order chi connectivity index (χ1) is 9.70. The van der Waals surface area contributed by atoms with Crippen molar-refractivity contribution in [2.45, 2.75) is 32.2 Å². The summed E-state index contributed by atoms with van der Waals surface area (Å²) >= 11 is 0. The molecule has 0 spiro atoms. The van der Waals surface area contributed by atoms with Gasteiger partial charge in [-0.2, -0.15) is 0 Å². The van der Waals surface area contributed by atoms with Gasteiger partial charge in [0.1, 0.15) is 0 Å². The Labute approximate surface area is 118 Å². The van der Waals surface area contributed by atoms with Crippen LogP contribution in [-0.4, -0.2) is 21.5 Å². The maximum Gasteiger partial charge on any atom is 0.241 e. The number of nitrogens with two attached hydrogens (primary N) is 1. The van der Waals surface area contributed by atoms with Gasteiger partial charge in [-0.25, -0.2) is 4.98 Å². The number of anilines is 1. The first kappa shape index (κ1) is 14.3. The molecule has 1 atom stereocenters. The molecule has 1 aromatic heterocycles. The molecule has 1 aromatic carbocycles. The third-order valence-corrected chi connectivity index (χ3v) is 3.12. The summed E-state index contributed by atoms with van der Waals surface area (Å²) in [5.74, 6) is -0.138. The summed E-state index contributed by atoms with van der Waals surface area (Å²) in [7, 11) is 0. The zero-order valence-corrected chi connectivity index (χ0v) is 11.6. The third-order valence-electron chi connectivity index (χ3n) is 3.12. The number of carbonyl (C=O) groups excluding carboxylic acids is 1. The quantitative estimate of drug-likeness (QED) is 0.847. The fourth-order valence-corrected chi connectivity index (χ4v) is 1.95. The van der Waals surface area contributed by atoms with Crippen molar-refractivity contribution in [2.24, 2.45) is 5.73 Å². The lowest BCUT2D eigenvalue weighted by molar-refractivity contribution is -0.117. The highest BCUT2D eigenvalue weighted by Crippen LogP contribution is 2.15. The van der Waals surface area contributed by atoms with Gasteiger partial charge in [-0.3, -0.25) is 4.79 Å². The Balaban J connectivity index is 2.03. The van der Waals surface area contributed by atoms with Crippen LogP contribution in [0, 0.1) is 0 Å². The zero-order chi connectivity index (χ0) is 14.4. The van der Waals surface area contributed by atoms with E-state index in [1.54, 1.807) is 12.5 Å². The van der Waals surface area contributed by atoms with E-state index in [1.807, 2.05) is 35.0 Å². The summed E-state index contributed by atoms with van der Waals surface area (Å²) in [6.45, 7) is 2.08. The Morgan fingerprint density at radius 1 is 1.50 bits per heavy atom. The van der Waals surface area contributed by atoms with Crippen molar-refractivity contribution >= 4 is 11.6 Å². The van der Waals surface area contributed by atoms with Crippen LogP contribution in [0.15, 0.2) is 43.0 Å². The second-order valence-electron chi connectivity index (χ2n) is 4.76. The summed E-state index contributed by atoms with van der Waals surface area (Å²) in [6.07, 6.45) is 8.00. The van der Waals surface area contributed by atoms with Crippen molar-refractivity contribution in [3.63, 3.8) is 0 Å². The number of imidazole rings is 1. The van der Waals surface area contributed by atoms with E-state index >= 15 is 0 Å². The van der Waals surface area contributed by atoms with Crippen LogP contribution in [0.5, 0.6) is 0 Å². The molecule has 0 fully saturated rings. The van der Waals surface area contributed by atoms with Crippen molar-refractivity contribution in [3.8, 4) is 5.69 Å². The van der Waals surface area contributed by atoms with E-state index in [9.17, 15) is 4.79 Å². The van der Waals surface area contributed by atoms with Crippen molar-refractivity contribution in [3.05, 3.63) is 43.0 Å². The predicted molar refractivity (Wildman–Crippen MR) is 79.7 cm³/mol. The number of carbonyl (C=O) groups is 1. The molecule has 5 nitrogen and oxygen atoms in total. The lowest BCUT2D eigenvalue weighted by atomic mass is 10.1. The molecule has 0 saturated heterocycles. The molecule has 1 unspecified atom stereocenters. The average molecular weight is 272 g/mol. The highest BCUT2D eigenvalue weighted by atomic mass is 16.2. The highest BCUT2D eigenvalue weighted by Gasteiger charge is 2.12. The number of nitrogens with one attached hydrogen (secondary N) is 1. The van der Waals surface area contributed by atoms with E-state index in [0.29, 0.717) is 6.42 Å². The van der Waals surface area contributed by atoms with Gasteiger partial charge in [0.25, 0.3) is 0 Å². The van der Waals surface area contributed by atoms with Gasteiger partial charge < -0.3 is 15.6 Å². The van der Waals surface area contributed by atoms with Gasteiger partial charge >= 0.3 is 0 Å². The summed E-state index contributed by atoms with van der Waals surface area (Å²) in [4.78, 5) is 16.0. The molecular formula is C15H20N4O. The molecule has 3 N–H and O–H groups in total. The minimum Gasteiger partial charge on any atom is -0.325 e. The van der Waals surface area contributed by atoms with Gasteiger partial charge in [-0.15, -0.1) is 0 Å². The minimum atomic E-state index is -0.452. The monoisotopic (exact) mass is 272 g/mol. The Hall–Kier alpha value is -2.14. The van der Waals surface area contributed by atoms with E-state index in [2.05, 4.69) is 17.2 Å². The number of benzene rings is 1. The van der Waals surface area contributed by atoms with E-state index in [0.717, 1.165) is 24.2 Å². The van der Waals surface area contributed by atoms with Crippen molar-refractivity contribution in [2.75, 3.05) is 5.32 Å². The van der Waals surface area contributed by atoms with Crippen LogP contribution in [0.25, 0.3) is 5.69 Å². The Morgan fingerprint density at radius 3 is 3.05 bits per heavy atom. The molecule has 0 aliphatic heterocycles. The maximum absolute atomic E-state index is 12.0. The number of hydrogen-bond acceptors (Lipinski definition) is 3. The molecule has 5 heteroatoms. The lowest BCUT2D eigenvalue weighted by Crippen LogP contribution is -2.35. The first-order valence-electron chi connectivity index (χ1n) is 6.85. The molecule has 0 bridgehead atoms. The lowest BCUT2D eigenvalue weighted by Gasteiger charge is -2.12. The molecule has 0 radical (unpaired) electrons. The number of aromatic nitrogens is 2. The SMILES string of the molecule is CCCCC(N)C(=O)Nc1cccc(-n2ccnc2)c1. The predicted octanol–water partition coefficient (Wildman–Crippen LogP) is 2.33.